The molecular weight excluding hydrogens is 140 g/mol. The molecular formula is C8H12N2O. The highest BCUT2D eigenvalue weighted by Gasteiger charge is 2.07. The van der Waals surface area contributed by atoms with E-state index >= 15 is 0 Å². The number of ketones is 1. The molecule has 0 unspecified atom stereocenters. The summed E-state index contributed by atoms with van der Waals surface area (Å²) in [6.45, 7) is 3.57. The molecule has 1 aromatic heterocycles. The Labute approximate surface area is 66.1 Å². The van der Waals surface area contributed by atoms with Crippen LogP contribution < -0.4 is 0 Å². The molecule has 0 amide bonds. The highest BCUT2D eigenvalue weighted by atomic mass is 16.1. The Hall–Kier alpha value is -1.12. The fourth-order valence-electron chi connectivity index (χ4n) is 1.10. The van der Waals surface area contributed by atoms with Gasteiger partial charge in [0.15, 0.2) is 5.78 Å². The van der Waals surface area contributed by atoms with Crippen LogP contribution in [0.25, 0.3) is 0 Å². The second-order valence-electron chi connectivity index (χ2n) is 2.53. The number of carbonyl (C=O) groups is 1. The summed E-state index contributed by atoms with van der Waals surface area (Å²) in [6, 6.07) is 0. The zero-order chi connectivity index (χ0) is 8.43. The van der Waals surface area contributed by atoms with Crippen molar-refractivity contribution in [2.45, 2.75) is 20.3 Å². The van der Waals surface area contributed by atoms with Gasteiger partial charge in [-0.3, -0.25) is 4.79 Å². The lowest BCUT2D eigenvalue weighted by molar-refractivity contribution is 0.101. The molecule has 1 aromatic rings. The molecule has 60 valence electrons. The monoisotopic (exact) mass is 152 g/mol. The van der Waals surface area contributed by atoms with Crippen LogP contribution in [0.1, 0.15) is 30.2 Å². The predicted octanol–water partition coefficient (Wildman–Crippen LogP) is 1.19. The Kier molecular flexibility index (Phi) is 2.08. The quantitative estimate of drug-likeness (QED) is 0.596. The lowest BCUT2D eigenvalue weighted by Crippen LogP contribution is -2.04. The lowest BCUT2D eigenvalue weighted by atomic mass is 10.3. The first-order chi connectivity index (χ1) is 5.16. The molecule has 0 bridgehead atoms. The van der Waals surface area contributed by atoms with Gasteiger partial charge in [-0.25, -0.2) is 4.98 Å². The summed E-state index contributed by atoms with van der Waals surface area (Å²) in [7, 11) is 1.86. The number of imidazole rings is 1. The van der Waals surface area contributed by atoms with Crippen LogP contribution in [0.5, 0.6) is 0 Å². The molecule has 0 aliphatic heterocycles. The van der Waals surface area contributed by atoms with E-state index in [9.17, 15) is 4.79 Å². The summed E-state index contributed by atoms with van der Waals surface area (Å²) in [5.41, 5.74) is 0.682. The van der Waals surface area contributed by atoms with E-state index in [2.05, 4.69) is 4.98 Å². The molecule has 0 aliphatic carbocycles. The van der Waals surface area contributed by atoms with Gasteiger partial charge >= 0.3 is 0 Å². The topological polar surface area (TPSA) is 34.9 Å². The van der Waals surface area contributed by atoms with Crippen LogP contribution in [0.15, 0.2) is 6.20 Å². The molecule has 0 spiro atoms. The summed E-state index contributed by atoms with van der Waals surface area (Å²) in [5, 5.41) is 0. The largest absolute Gasteiger partial charge is 0.329 e. The smallest absolute Gasteiger partial charge is 0.177 e. The number of aryl methyl sites for hydroxylation is 1. The van der Waals surface area contributed by atoms with Gasteiger partial charge in [-0.15, -0.1) is 0 Å². The highest BCUT2D eigenvalue weighted by molar-refractivity contribution is 5.92. The van der Waals surface area contributed by atoms with Crippen molar-refractivity contribution >= 4 is 5.78 Å². The molecule has 0 aromatic carbocycles. The van der Waals surface area contributed by atoms with Gasteiger partial charge in [-0.1, -0.05) is 6.92 Å². The van der Waals surface area contributed by atoms with Gasteiger partial charge in [-0.2, -0.15) is 0 Å². The van der Waals surface area contributed by atoms with E-state index in [0.717, 1.165) is 12.2 Å². The fourth-order valence-corrected chi connectivity index (χ4v) is 1.10. The molecule has 11 heavy (non-hydrogen) atoms. The van der Waals surface area contributed by atoms with Gasteiger partial charge in [0, 0.05) is 20.4 Å². The third-order valence-corrected chi connectivity index (χ3v) is 1.76. The number of nitrogens with zero attached hydrogens (tertiary/aromatic N) is 2. The average molecular weight is 152 g/mol. The van der Waals surface area contributed by atoms with Crippen LogP contribution in [0.3, 0.4) is 0 Å². The number of hydrogen-bond donors (Lipinski definition) is 0. The maximum Gasteiger partial charge on any atom is 0.177 e. The molecule has 1 heterocycles. The number of rotatable bonds is 2. The third kappa shape index (κ3) is 1.31. The first-order valence-corrected chi connectivity index (χ1v) is 3.68. The molecule has 3 nitrogen and oxygen atoms in total. The fraction of sp³-hybridized carbons (Fsp3) is 0.500. The van der Waals surface area contributed by atoms with Crippen LogP contribution in [-0.4, -0.2) is 15.3 Å². The van der Waals surface area contributed by atoms with E-state index in [1.165, 1.54) is 0 Å². The zero-order valence-electron chi connectivity index (χ0n) is 7.09. The second kappa shape index (κ2) is 2.86. The Morgan fingerprint density at radius 3 is 2.64 bits per heavy atom. The van der Waals surface area contributed by atoms with Crippen molar-refractivity contribution in [3.05, 3.63) is 17.7 Å². The number of Topliss-reactive ketones (excluding diaryl/α,β-unsaturated/α-hetero) is 1. The molecule has 1 rings (SSSR count). The van der Waals surface area contributed by atoms with Gasteiger partial charge in [0.25, 0.3) is 0 Å². The predicted molar refractivity (Wildman–Crippen MR) is 42.6 cm³/mol. The van der Waals surface area contributed by atoms with Crippen LogP contribution in [0.4, 0.5) is 0 Å². The van der Waals surface area contributed by atoms with Crippen LogP contribution in [0, 0.1) is 0 Å². The van der Waals surface area contributed by atoms with E-state index in [4.69, 9.17) is 0 Å². The SMILES string of the molecule is CCc1ncc(C(C)=O)n1C. The minimum absolute atomic E-state index is 0.0692. The Balaban J connectivity index is 3.10. The molecule has 0 saturated heterocycles. The normalized spacial score (nSPS) is 10.1. The van der Waals surface area contributed by atoms with Gasteiger partial charge < -0.3 is 4.57 Å². The van der Waals surface area contributed by atoms with E-state index in [1.807, 2.05) is 18.5 Å². The van der Waals surface area contributed by atoms with Gasteiger partial charge in [0.1, 0.15) is 11.5 Å². The zero-order valence-corrected chi connectivity index (χ0v) is 7.09. The summed E-state index contributed by atoms with van der Waals surface area (Å²) >= 11 is 0. The first kappa shape index (κ1) is 7.98. The average Bonchev–Trinajstić information content (AvgIpc) is 2.30. The van der Waals surface area contributed by atoms with Crippen molar-refractivity contribution in [2.75, 3.05) is 0 Å². The molecule has 0 fully saturated rings. The maximum absolute atomic E-state index is 10.9. The van der Waals surface area contributed by atoms with Crippen LogP contribution in [0.2, 0.25) is 0 Å². The molecule has 0 radical (unpaired) electrons. The minimum Gasteiger partial charge on any atom is -0.329 e. The third-order valence-electron chi connectivity index (χ3n) is 1.76. The minimum atomic E-state index is 0.0692. The Morgan fingerprint density at radius 1 is 1.73 bits per heavy atom. The van der Waals surface area contributed by atoms with E-state index < -0.39 is 0 Å². The van der Waals surface area contributed by atoms with Crippen molar-refractivity contribution < 1.29 is 4.79 Å². The van der Waals surface area contributed by atoms with Crippen molar-refractivity contribution in [3.8, 4) is 0 Å². The lowest BCUT2D eigenvalue weighted by Gasteiger charge is -1.99. The first-order valence-electron chi connectivity index (χ1n) is 3.68. The van der Waals surface area contributed by atoms with E-state index in [1.54, 1.807) is 13.1 Å². The molecule has 0 aliphatic rings. The van der Waals surface area contributed by atoms with Gasteiger partial charge in [0.2, 0.25) is 0 Å². The van der Waals surface area contributed by atoms with Crippen molar-refractivity contribution in [2.24, 2.45) is 7.05 Å². The highest BCUT2D eigenvalue weighted by Crippen LogP contribution is 2.03. The summed E-state index contributed by atoms with van der Waals surface area (Å²) in [4.78, 5) is 15.0. The summed E-state index contributed by atoms with van der Waals surface area (Å²) in [5.74, 6) is 1.02. The Bertz CT molecular complexity index is 276. The van der Waals surface area contributed by atoms with E-state index in [-0.39, 0.29) is 5.78 Å². The van der Waals surface area contributed by atoms with Gasteiger partial charge in [0.05, 0.1) is 6.20 Å². The molecule has 3 heteroatoms. The molecule has 0 atom stereocenters. The number of carbonyl (C=O) groups excluding carboxylic acids is 1. The summed E-state index contributed by atoms with van der Waals surface area (Å²) in [6.07, 6.45) is 2.49. The van der Waals surface area contributed by atoms with Crippen molar-refractivity contribution in [1.29, 1.82) is 0 Å². The standard InChI is InChI=1S/C8H12N2O/c1-4-8-9-5-7(6(2)11)10(8)3/h5H,4H2,1-3H3. The van der Waals surface area contributed by atoms with Crippen molar-refractivity contribution in [3.63, 3.8) is 0 Å². The van der Waals surface area contributed by atoms with Crippen LogP contribution >= 0.6 is 0 Å². The number of hydrogen-bond acceptors (Lipinski definition) is 2. The van der Waals surface area contributed by atoms with Crippen molar-refractivity contribution in [1.82, 2.24) is 9.55 Å². The van der Waals surface area contributed by atoms with Gasteiger partial charge in [-0.05, 0) is 0 Å². The molecule has 0 N–H and O–H groups in total. The van der Waals surface area contributed by atoms with E-state index in [0.29, 0.717) is 5.69 Å². The molecule has 0 saturated carbocycles. The maximum atomic E-state index is 10.9. The number of aromatic nitrogens is 2. The second-order valence-corrected chi connectivity index (χ2v) is 2.53. The summed E-state index contributed by atoms with van der Waals surface area (Å²) < 4.78 is 1.84. The van der Waals surface area contributed by atoms with Crippen LogP contribution in [-0.2, 0) is 13.5 Å². The Morgan fingerprint density at radius 2 is 2.36 bits per heavy atom.